The van der Waals surface area contributed by atoms with Gasteiger partial charge in [-0.15, -0.1) is 18.1 Å². The average Bonchev–Trinajstić information content (AvgIpc) is 3.02. The molecule has 3 unspecified atom stereocenters. The third kappa shape index (κ3) is 8.38. The number of rotatable bonds is 10. The summed E-state index contributed by atoms with van der Waals surface area (Å²) < 4.78 is 51.4. The van der Waals surface area contributed by atoms with E-state index < -0.39 is 30.4 Å². The zero-order valence-corrected chi connectivity index (χ0v) is 27.9. The molecule has 1 aliphatic rings. The van der Waals surface area contributed by atoms with Crippen molar-refractivity contribution in [2.45, 2.75) is 0 Å². The van der Waals surface area contributed by atoms with E-state index in [2.05, 4.69) is 0 Å². The summed E-state index contributed by atoms with van der Waals surface area (Å²) in [6.45, 7) is 0. The number of hydrogen-bond donors (Lipinski definition) is 3. The van der Waals surface area contributed by atoms with E-state index in [1.165, 1.54) is 0 Å². The molecule has 0 saturated heterocycles. The molecular weight excluding hydrogens is 662 g/mol. The first-order valence-corrected chi connectivity index (χ1v) is 20.4. The van der Waals surface area contributed by atoms with Crippen LogP contribution >= 0.6 is 30.4 Å². The molecule has 0 aliphatic carbocycles. The third-order valence-corrected chi connectivity index (χ3v) is 16.2. The fraction of sp³-hybridized carbons (Fsp3) is 0. The molecule has 236 valence electrons. The SMILES string of the molecule is NP1(Oc2ccccc2)=NP(N)(Oc2ccccc2)=NP(Oc2ccccc2)(Oc2ccccc2)=NP(N)(Oc2ccccc2)=N1. The molecule has 0 fully saturated rings. The van der Waals surface area contributed by atoms with Gasteiger partial charge in [-0.1, -0.05) is 91.0 Å². The van der Waals surface area contributed by atoms with Crippen molar-refractivity contribution in [3.63, 3.8) is 0 Å². The summed E-state index contributed by atoms with van der Waals surface area (Å²) in [4.78, 5) is 0. The Morgan fingerprint density at radius 2 is 0.543 bits per heavy atom. The Labute approximate surface area is 267 Å². The van der Waals surface area contributed by atoms with E-state index in [1.807, 2.05) is 30.3 Å². The van der Waals surface area contributed by atoms with Crippen molar-refractivity contribution in [1.82, 2.24) is 0 Å². The maximum Gasteiger partial charge on any atom is 0.457 e. The van der Waals surface area contributed by atoms with Crippen LogP contribution in [0.25, 0.3) is 0 Å². The summed E-state index contributed by atoms with van der Waals surface area (Å²) in [6.07, 6.45) is 0. The molecule has 1 aliphatic heterocycles. The van der Waals surface area contributed by atoms with Gasteiger partial charge in [0.1, 0.15) is 28.7 Å². The highest BCUT2D eigenvalue weighted by atomic mass is 31.3. The van der Waals surface area contributed by atoms with Gasteiger partial charge in [0, 0.05) is 0 Å². The lowest BCUT2D eigenvalue weighted by molar-refractivity contribution is 0.475. The second-order valence-electron chi connectivity index (χ2n) is 9.64. The molecule has 0 aromatic heterocycles. The molecule has 1 heterocycles. The van der Waals surface area contributed by atoms with Crippen molar-refractivity contribution in [2.24, 2.45) is 34.6 Å². The minimum Gasteiger partial charge on any atom is -0.431 e. The van der Waals surface area contributed by atoms with E-state index in [4.69, 9.17) is 57.2 Å². The Bertz CT molecular complexity index is 1920. The molecule has 0 radical (unpaired) electrons. The average molecular weight is 694 g/mol. The van der Waals surface area contributed by atoms with Crippen LogP contribution in [0.5, 0.6) is 28.7 Å². The van der Waals surface area contributed by atoms with Gasteiger partial charge in [0.25, 0.3) is 0 Å². The number of para-hydroxylation sites is 5. The smallest absolute Gasteiger partial charge is 0.431 e. The van der Waals surface area contributed by atoms with Gasteiger partial charge in [0.15, 0.2) is 0 Å². The predicted octanol–water partition coefficient (Wildman–Crippen LogP) is 10.1. The molecule has 0 spiro atoms. The molecule has 16 heteroatoms. The Kier molecular flexibility index (Phi) is 9.50. The first-order chi connectivity index (χ1) is 22.2. The molecule has 12 nitrogen and oxygen atoms in total. The molecule has 6 rings (SSSR count). The Hall–Kier alpha value is -4.10. The highest BCUT2D eigenvalue weighted by Gasteiger charge is 2.41. The van der Waals surface area contributed by atoms with Gasteiger partial charge in [-0.05, 0) is 60.7 Å². The molecule has 6 N–H and O–H groups in total. The van der Waals surface area contributed by atoms with Crippen molar-refractivity contribution in [3.05, 3.63) is 152 Å². The standard InChI is InChI=1S/C30H31N7O5P4/c31-43(38-26-16-6-1-7-17-26)34-44(32,39-27-18-8-2-9-19-27)36-46(41-29-22-12-4-13-23-29,42-30-24-14-5-15-25-30)37-45(33,35-43)40-28-20-10-3-11-21-28/h1-25H,31-33H2. The Balaban J connectivity index is 1.65. The predicted molar refractivity (Wildman–Crippen MR) is 185 cm³/mol. The molecule has 46 heavy (non-hydrogen) atoms. The Morgan fingerprint density at radius 1 is 0.304 bits per heavy atom. The third-order valence-electron chi connectivity index (χ3n) is 5.88. The fourth-order valence-corrected chi connectivity index (χ4v) is 15.1. The number of hydrogen-bond acceptors (Lipinski definition) is 12. The molecule has 5 aromatic carbocycles. The summed E-state index contributed by atoms with van der Waals surface area (Å²) in [7, 11) is -15.6. The van der Waals surface area contributed by atoms with E-state index in [1.54, 1.807) is 121 Å². The van der Waals surface area contributed by atoms with Crippen LogP contribution in [-0.2, 0) is 0 Å². The van der Waals surface area contributed by atoms with Gasteiger partial charge in [0.2, 0.25) is 0 Å². The first-order valence-electron chi connectivity index (χ1n) is 13.9. The highest BCUT2D eigenvalue weighted by Crippen LogP contribution is 2.73. The van der Waals surface area contributed by atoms with Crippen LogP contribution in [0.3, 0.4) is 0 Å². The van der Waals surface area contributed by atoms with Gasteiger partial charge >= 0.3 is 30.4 Å². The van der Waals surface area contributed by atoms with Crippen molar-refractivity contribution < 1.29 is 22.6 Å². The molecule has 0 amide bonds. The van der Waals surface area contributed by atoms with Crippen molar-refractivity contribution in [3.8, 4) is 28.7 Å². The largest absolute Gasteiger partial charge is 0.457 e. The van der Waals surface area contributed by atoms with E-state index in [0.29, 0.717) is 28.7 Å². The lowest BCUT2D eigenvalue weighted by atomic mass is 10.3. The number of nitrogens with two attached hydrogens (primary N) is 3. The van der Waals surface area contributed by atoms with Crippen molar-refractivity contribution in [1.29, 1.82) is 0 Å². The van der Waals surface area contributed by atoms with E-state index >= 15 is 0 Å². The van der Waals surface area contributed by atoms with E-state index in [-0.39, 0.29) is 0 Å². The highest BCUT2D eigenvalue weighted by molar-refractivity contribution is 7.80. The summed E-state index contributed by atoms with van der Waals surface area (Å²) in [5, 5.41) is 0. The maximum absolute atomic E-state index is 7.02. The van der Waals surface area contributed by atoms with Gasteiger partial charge in [-0.3, -0.25) is 0 Å². The van der Waals surface area contributed by atoms with Crippen molar-refractivity contribution >= 4 is 30.4 Å². The second kappa shape index (κ2) is 13.7. The quantitative estimate of drug-likeness (QED) is 0.121. The van der Waals surface area contributed by atoms with Gasteiger partial charge in [-0.2, -0.15) is 0 Å². The second-order valence-corrected chi connectivity index (χ2v) is 17.9. The molecule has 5 aromatic rings. The molecule has 0 saturated carbocycles. The summed E-state index contributed by atoms with van der Waals surface area (Å²) in [5.41, 5.74) is 20.9. The number of benzene rings is 5. The van der Waals surface area contributed by atoms with Crippen molar-refractivity contribution in [2.75, 3.05) is 0 Å². The summed E-state index contributed by atoms with van der Waals surface area (Å²) >= 11 is 0. The minimum absolute atomic E-state index is 0.379. The van der Waals surface area contributed by atoms with Gasteiger partial charge in [0.05, 0.1) is 0 Å². The number of nitrogens with zero attached hydrogens (tertiary/aromatic N) is 4. The van der Waals surface area contributed by atoms with Crippen LogP contribution in [0.1, 0.15) is 0 Å². The topological polar surface area (TPSA) is 174 Å². The van der Waals surface area contributed by atoms with Gasteiger partial charge < -0.3 is 22.6 Å². The summed E-state index contributed by atoms with van der Waals surface area (Å²) in [5.74, 6) is 1.90. The fourth-order valence-electron chi connectivity index (χ4n) is 4.11. The minimum atomic E-state index is -3.99. The summed E-state index contributed by atoms with van der Waals surface area (Å²) in [6, 6.07) is 44.4. The van der Waals surface area contributed by atoms with Crippen LogP contribution in [0, 0.1) is 0 Å². The normalized spacial score (nSPS) is 23.4. The lowest BCUT2D eigenvalue weighted by Gasteiger charge is -2.30. The monoisotopic (exact) mass is 693 g/mol. The molecule has 0 bridgehead atoms. The lowest BCUT2D eigenvalue weighted by Crippen LogP contribution is -2.12. The molecular formula is C30H31N7O5P4. The Morgan fingerprint density at radius 3 is 0.848 bits per heavy atom. The molecule has 3 atom stereocenters. The van der Waals surface area contributed by atoms with Gasteiger partial charge in [-0.25, -0.2) is 16.5 Å². The zero-order chi connectivity index (χ0) is 31.9. The first kappa shape index (κ1) is 31.9. The van der Waals surface area contributed by atoms with Crippen LogP contribution in [0.15, 0.2) is 170 Å². The zero-order valence-electron chi connectivity index (χ0n) is 24.3. The van der Waals surface area contributed by atoms with E-state index in [9.17, 15) is 0 Å². The van der Waals surface area contributed by atoms with Crippen LogP contribution in [0.4, 0.5) is 0 Å². The van der Waals surface area contributed by atoms with E-state index in [0.717, 1.165) is 0 Å². The van der Waals surface area contributed by atoms with Crippen LogP contribution < -0.4 is 39.1 Å². The van der Waals surface area contributed by atoms with Crippen LogP contribution in [0.2, 0.25) is 0 Å². The van der Waals surface area contributed by atoms with Crippen LogP contribution in [-0.4, -0.2) is 0 Å². The maximum atomic E-state index is 7.02.